The van der Waals surface area contributed by atoms with Crippen LogP contribution in [0.5, 0.6) is 0 Å². The highest BCUT2D eigenvalue weighted by atomic mass is 32.2. The van der Waals surface area contributed by atoms with Crippen molar-refractivity contribution in [1.82, 2.24) is 9.78 Å². The third-order valence-electron chi connectivity index (χ3n) is 2.19. The first-order chi connectivity index (χ1) is 6.16. The monoisotopic (exact) mass is 198 g/mol. The molecule has 5 heteroatoms. The zero-order chi connectivity index (χ0) is 9.42. The quantitative estimate of drug-likeness (QED) is 0.592. The minimum absolute atomic E-state index is 0.193. The van der Waals surface area contributed by atoms with Gasteiger partial charge in [-0.05, 0) is 0 Å². The molecule has 0 aromatic carbocycles. The summed E-state index contributed by atoms with van der Waals surface area (Å²) in [5.74, 6) is 1.21. The second-order valence-corrected chi connectivity index (χ2v) is 4.75. The molecule has 1 aromatic rings. The maximum Gasteiger partial charge on any atom is 0.265 e. The minimum atomic E-state index is 0.193. The molecule has 4 nitrogen and oxygen atoms in total. The van der Waals surface area contributed by atoms with Crippen LogP contribution in [0, 0.1) is 0 Å². The summed E-state index contributed by atoms with van der Waals surface area (Å²) >= 11 is 1.42. The molecule has 0 N–H and O–H groups in total. The highest BCUT2D eigenvalue weighted by molar-refractivity contribution is 8.14. The van der Waals surface area contributed by atoms with Gasteiger partial charge in [0.2, 0.25) is 5.82 Å². The van der Waals surface area contributed by atoms with Gasteiger partial charge in [-0.3, -0.25) is 4.79 Å². The Hall–Kier alpha value is -0.840. The highest BCUT2D eigenvalue weighted by Crippen LogP contribution is 2.22. The van der Waals surface area contributed by atoms with Crippen LogP contribution in [0.3, 0.4) is 0 Å². The summed E-state index contributed by atoms with van der Waals surface area (Å²) in [6.45, 7) is 2.48. The fourth-order valence-electron chi connectivity index (χ4n) is 1.63. The van der Waals surface area contributed by atoms with Crippen LogP contribution >= 0.6 is 11.8 Å². The van der Waals surface area contributed by atoms with Crippen LogP contribution in [0.4, 0.5) is 0 Å². The van der Waals surface area contributed by atoms with E-state index in [2.05, 4.69) is 5.10 Å². The number of hydrogen-bond donors (Lipinski definition) is 0. The number of aryl methyl sites for hydroxylation is 1. The molecule has 1 aliphatic rings. The largest absolute Gasteiger partial charge is 0.288 e. The van der Waals surface area contributed by atoms with E-state index in [4.69, 9.17) is 0 Å². The Bertz CT molecular complexity index is 347. The lowest BCUT2D eigenvalue weighted by Gasteiger charge is -2.00. The Morgan fingerprint density at radius 1 is 1.85 bits per heavy atom. The molecule has 0 radical (unpaired) electrons. The Kier molecular flexibility index (Phi) is 2.11. The lowest BCUT2D eigenvalue weighted by molar-refractivity contribution is -0.679. The lowest BCUT2D eigenvalue weighted by atomic mass is 10.3. The van der Waals surface area contributed by atoms with E-state index in [0.717, 1.165) is 13.0 Å². The molecule has 0 fully saturated rings. The predicted molar refractivity (Wildman–Crippen MR) is 49.2 cm³/mol. The topological polar surface area (TPSA) is 38.8 Å². The third-order valence-corrected chi connectivity index (χ3v) is 3.17. The van der Waals surface area contributed by atoms with Crippen molar-refractivity contribution in [1.29, 1.82) is 0 Å². The van der Waals surface area contributed by atoms with Gasteiger partial charge in [-0.2, -0.15) is 0 Å². The fourth-order valence-corrected chi connectivity index (χ4v) is 2.55. The summed E-state index contributed by atoms with van der Waals surface area (Å²) in [6, 6.07) is 0. The Labute approximate surface area is 80.9 Å². The van der Waals surface area contributed by atoms with Crippen LogP contribution in [-0.4, -0.2) is 20.1 Å². The van der Waals surface area contributed by atoms with E-state index in [1.165, 1.54) is 17.6 Å². The maximum atomic E-state index is 10.9. The maximum absolute atomic E-state index is 10.9. The molecule has 0 saturated carbocycles. The van der Waals surface area contributed by atoms with Gasteiger partial charge in [-0.15, -0.1) is 4.68 Å². The SMILES string of the molecule is CC(=O)SC1Cc2n(nc[n+]2C)C1. The lowest BCUT2D eigenvalue weighted by Crippen LogP contribution is -2.30. The van der Waals surface area contributed by atoms with Crippen LogP contribution in [-0.2, 0) is 24.8 Å². The Balaban J connectivity index is 2.10. The summed E-state index contributed by atoms with van der Waals surface area (Å²) in [7, 11) is 1.99. The van der Waals surface area contributed by atoms with Gasteiger partial charge in [-0.25, -0.2) is 4.57 Å². The average molecular weight is 198 g/mol. The summed E-state index contributed by atoms with van der Waals surface area (Å²) in [4.78, 5) is 10.9. The van der Waals surface area contributed by atoms with Gasteiger partial charge < -0.3 is 0 Å². The zero-order valence-electron chi connectivity index (χ0n) is 7.73. The van der Waals surface area contributed by atoms with E-state index in [-0.39, 0.29) is 5.12 Å². The van der Waals surface area contributed by atoms with Crippen molar-refractivity contribution in [3.05, 3.63) is 12.2 Å². The number of nitrogens with zero attached hydrogens (tertiary/aromatic N) is 3. The first kappa shape index (κ1) is 8.74. The molecular formula is C8H12N3OS+. The molecule has 0 aliphatic carbocycles. The zero-order valence-corrected chi connectivity index (χ0v) is 8.54. The van der Waals surface area contributed by atoms with Crippen LogP contribution in [0.2, 0.25) is 0 Å². The van der Waals surface area contributed by atoms with E-state index in [1.54, 1.807) is 6.92 Å². The van der Waals surface area contributed by atoms with Gasteiger partial charge in [0.1, 0.15) is 6.54 Å². The number of rotatable bonds is 1. The number of thioether (sulfide) groups is 1. The Morgan fingerprint density at radius 3 is 3.23 bits per heavy atom. The number of carbonyl (C=O) groups is 1. The molecular weight excluding hydrogens is 186 g/mol. The molecule has 0 saturated heterocycles. The molecule has 2 rings (SSSR count). The molecule has 0 spiro atoms. The number of hydrogen-bond acceptors (Lipinski definition) is 3. The number of aromatic nitrogens is 3. The van der Waals surface area contributed by atoms with Gasteiger partial charge in [0, 0.05) is 12.0 Å². The standard InChI is InChI=1S/C8H12N3OS/c1-6(12)13-7-3-8-10(2)5-9-11(8)4-7/h5,7H,3-4H2,1-2H3/q+1. The van der Waals surface area contributed by atoms with Crippen molar-refractivity contribution in [3.63, 3.8) is 0 Å². The van der Waals surface area contributed by atoms with Gasteiger partial charge in [0.25, 0.3) is 6.33 Å². The van der Waals surface area contributed by atoms with Gasteiger partial charge in [0.05, 0.1) is 18.7 Å². The summed E-state index contributed by atoms with van der Waals surface area (Å²) in [5, 5.41) is 4.78. The second-order valence-electron chi connectivity index (χ2n) is 3.28. The first-order valence-electron chi connectivity index (χ1n) is 4.24. The second kappa shape index (κ2) is 3.14. The third kappa shape index (κ3) is 1.60. The van der Waals surface area contributed by atoms with Crippen LogP contribution in [0.15, 0.2) is 6.33 Å². The van der Waals surface area contributed by atoms with E-state index >= 15 is 0 Å². The molecule has 0 bridgehead atoms. The normalized spacial score (nSPS) is 20.3. The molecule has 1 unspecified atom stereocenters. The highest BCUT2D eigenvalue weighted by Gasteiger charge is 2.31. The van der Waals surface area contributed by atoms with Gasteiger partial charge in [0.15, 0.2) is 5.12 Å². The van der Waals surface area contributed by atoms with E-state index in [1.807, 2.05) is 22.6 Å². The van der Waals surface area contributed by atoms with E-state index in [0.29, 0.717) is 5.25 Å². The first-order valence-corrected chi connectivity index (χ1v) is 5.12. The smallest absolute Gasteiger partial charge is 0.265 e. The molecule has 70 valence electrons. The summed E-state index contributed by atoms with van der Waals surface area (Å²) < 4.78 is 3.99. The Morgan fingerprint density at radius 2 is 2.62 bits per heavy atom. The van der Waals surface area contributed by atoms with Crippen LogP contribution in [0.1, 0.15) is 12.7 Å². The molecule has 0 amide bonds. The van der Waals surface area contributed by atoms with Crippen molar-refractivity contribution < 1.29 is 9.36 Å². The predicted octanol–water partition coefficient (Wildman–Crippen LogP) is -0.0880. The van der Waals surface area contributed by atoms with E-state index in [9.17, 15) is 4.79 Å². The van der Waals surface area contributed by atoms with Crippen molar-refractivity contribution >= 4 is 16.9 Å². The summed E-state index contributed by atoms with van der Waals surface area (Å²) in [5.41, 5.74) is 0. The molecule has 1 aromatic heterocycles. The van der Waals surface area contributed by atoms with Crippen molar-refractivity contribution in [3.8, 4) is 0 Å². The fraction of sp³-hybridized carbons (Fsp3) is 0.625. The number of fused-ring (bicyclic) bond motifs is 1. The van der Waals surface area contributed by atoms with Crippen molar-refractivity contribution in [2.24, 2.45) is 7.05 Å². The van der Waals surface area contributed by atoms with Gasteiger partial charge in [-0.1, -0.05) is 11.8 Å². The molecule has 13 heavy (non-hydrogen) atoms. The van der Waals surface area contributed by atoms with Crippen molar-refractivity contribution in [2.45, 2.75) is 25.1 Å². The molecule has 2 heterocycles. The molecule has 1 atom stereocenters. The van der Waals surface area contributed by atoms with Crippen molar-refractivity contribution in [2.75, 3.05) is 0 Å². The summed E-state index contributed by atoms with van der Waals surface area (Å²) in [6.07, 6.45) is 2.75. The number of carbonyl (C=O) groups excluding carboxylic acids is 1. The molecule has 1 aliphatic heterocycles. The van der Waals surface area contributed by atoms with Crippen LogP contribution < -0.4 is 4.57 Å². The minimum Gasteiger partial charge on any atom is -0.288 e. The van der Waals surface area contributed by atoms with E-state index < -0.39 is 0 Å². The van der Waals surface area contributed by atoms with Crippen LogP contribution in [0.25, 0.3) is 0 Å². The average Bonchev–Trinajstić information content (AvgIpc) is 2.53. The van der Waals surface area contributed by atoms with Gasteiger partial charge >= 0.3 is 0 Å².